The summed E-state index contributed by atoms with van der Waals surface area (Å²) in [6.07, 6.45) is 8.22. The van der Waals surface area contributed by atoms with Crippen LogP contribution in [0.25, 0.3) is 0 Å². The molecule has 6 nitrogen and oxygen atoms in total. The van der Waals surface area contributed by atoms with Crippen LogP contribution in [0.3, 0.4) is 0 Å². The molecule has 0 aromatic heterocycles. The standard InChI is InChI=1S/C23H34N2O4/c1-2-3-6-12-24-21(26)15-25-13-11-23(27)10-5-4-7-18(23)22(25)17-8-9-19-20(14-17)29-16-28-19/h8-9,14,18,22,27H,2-7,10-13,15-16H2,1H3,(H,24,26)/p+1/t18-,22-,23-/m0/s1. The van der Waals surface area contributed by atoms with Crippen LogP contribution in [-0.4, -0.2) is 43.0 Å². The molecule has 2 aliphatic heterocycles. The van der Waals surface area contributed by atoms with Crippen molar-refractivity contribution in [1.82, 2.24) is 5.32 Å². The smallest absolute Gasteiger partial charge is 0.275 e. The minimum atomic E-state index is -0.611. The Morgan fingerprint density at radius 2 is 2.10 bits per heavy atom. The van der Waals surface area contributed by atoms with Crippen molar-refractivity contribution in [3.8, 4) is 11.5 Å². The number of carbonyl (C=O) groups excluding carboxylic acids is 1. The van der Waals surface area contributed by atoms with E-state index >= 15 is 0 Å². The number of piperidine rings is 1. The Kier molecular flexibility index (Phi) is 6.30. The number of carbonyl (C=O) groups is 1. The summed E-state index contributed by atoms with van der Waals surface area (Å²) < 4.78 is 11.1. The lowest BCUT2D eigenvalue weighted by Crippen LogP contribution is -3.16. The van der Waals surface area contributed by atoms with Gasteiger partial charge in [0.05, 0.1) is 12.1 Å². The Morgan fingerprint density at radius 1 is 1.24 bits per heavy atom. The first-order valence-corrected chi connectivity index (χ1v) is 11.3. The van der Waals surface area contributed by atoms with Crippen LogP contribution in [0.2, 0.25) is 0 Å². The minimum absolute atomic E-state index is 0.102. The molecule has 4 atom stereocenters. The Hall–Kier alpha value is -1.79. The maximum Gasteiger partial charge on any atom is 0.275 e. The Morgan fingerprint density at radius 3 is 2.97 bits per heavy atom. The van der Waals surface area contributed by atoms with Crippen molar-refractivity contribution in [2.75, 3.05) is 26.4 Å². The Labute approximate surface area is 173 Å². The molecular formula is C23H35N2O4+. The summed E-state index contributed by atoms with van der Waals surface area (Å²) in [6.45, 7) is 4.45. The number of fused-ring (bicyclic) bond motifs is 2. The average molecular weight is 404 g/mol. The van der Waals surface area contributed by atoms with Crippen LogP contribution >= 0.6 is 0 Å². The number of rotatable bonds is 7. The topological polar surface area (TPSA) is 72.2 Å². The van der Waals surface area contributed by atoms with E-state index in [1.807, 2.05) is 6.07 Å². The molecule has 6 heteroatoms. The third-order valence-electron chi connectivity index (χ3n) is 7.03. The van der Waals surface area contributed by atoms with Gasteiger partial charge in [-0.15, -0.1) is 0 Å². The normalized spacial score (nSPS) is 30.6. The summed E-state index contributed by atoms with van der Waals surface area (Å²) in [6, 6.07) is 6.23. The van der Waals surface area contributed by atoms with Crippen molar-refractivity contribution in [3.05, 3.63) is 23.8 Å². The summed E-state index contributed by atoms with van der Waals surface area (Å²) in [4.78, 5) is 13.9. The number of quaternary nitrogens is 1. The van der Waals surface area contributed by atoms with E-state index in [1.54, 1.807) is 0 Å². The molecule has 1 aliphatic carbocycles. The molecule has 160 valence electrons. The highest BCUT2D eigenvalue weighted by atomic mass is 16.7. The van der Waals surface area contributed by atoms with E-state index in [4.69, 9.17) is 9.47 Å². The average Bonchev–Trinajstić information content (AvgIpc) is 3.19. The van der Waals surface area contributed by atoms with Crippen molar-refractivity contribution in [1.29, 1.82) is 0 Å². The van der Waals surface area contributed by atoms with Gasteiger partial charge < -0.3 is 24.8 Å². The molecule has 4 rings (SSSR count). The fourth-order valence-electron chi connectivity index (χ4n) is 5.50. The van der Waals surface area contributed by atoms with Crippen molar-refractivity contribution >= 4 is 5.91 Å². The van der Waals surface area contributed by atoms with E-state index in [2.05, 4.69) is 24.4 Å². The zero-order valence-corrected chi connectivity index (χ0v) is 17.5. The van der Waals surface area contributed by atoms with Crippen LogP contribution in [0.1, 0.15) is 69.9 Å². The van der Waals surface area contributed by atoms with Gasteiger partial charge in [-0.05, 0) is 37.5 Å². The van der Waals surface area contributed by atoms with Crippen LogP contribution in [0.5, 0.6) is 11.5 Å². The van der Waals surface area contributed by atoms with Crippen LogP contribution in [-0.2, 0) is 4.79 Å². The molecule has 2 fully saturated rings. The number of nitrogens with one attached hydrogen (secondary N) is 2. The van der Waals surface area contributed by atoms with Gasteiger partial charge in [0, 0.05) is 24.4 Å². The summed E-state index contributed by atoms with van der Waals surface area (Å²) in [5.41, 5.74) is 0.536. The molecule has 0 bridgehead atoms. The van der Waals surface area contributed by atoms with Gasteiger partial charge in [-0.2, -0.15) is 0 Å². The van der Waals surface area contributed by atoms with Crippen molar-refractivity contribution < 1.29 is 24.3 Å². The van der Waals surface area contributed by atoms with Gasteiger partial charge in [0.2, 0.25) is 6.79 Å². The fraction of sp³-hybridized carbons (Fsp3) is 0.696. The summed E-state index contributed by atoms with van der Waals surface area (Å²) in [5.74, 6) is 1.84. The van der Waals surface area contributed by atoms with Crippen LogP contribution in [0.15, 0.2) is 18.2 Å². The first kappa shape index (κ1) is 20.5. The third-order valence-corrected chi connectivity index (χ3v) is 7.03. The first-order chi connectivity index (χ1) is 14.1. The number of aliphatic hydroxyl groups is 1. The van der Waals surface area contributed by atoms with E-state index in [9.17, 15) is 9.90 Å². The van der Waals surface area contributed by atoms with Crippen molar-refractivity contribution in [2.45, 2.75) is 69.9 Å². The third kappa shape index (κ3) is 4.38. The zero-order chi connectivity index (χ0) is 20.3. The van der Waals surface area contributed by atoms with E-state index in [0.717, 1.165) is 81.5 Å². The number of amides is 1. The summed E-state index contributed by atoms with van der Waals surface area (Å²) in [7, 11) is 0. The highest BCUT2D eigenvalue weighted by Crippen LogP contribution is 2.45. The molecule has 1 amide bonds. The van der Waals surface area contributed by atoms with Gasteiger partial charge in [0.15, 0.2) is 18.0 Å². The molecule has 29 heavy (non-hydrogen) atoms. The second-order valence-corrected chi connectivity index (χ2v) is 8.94. The lowest BCUT2D eigenvalue weighted by atomic mass is 9.66. The molecule has 1 aromatic carbocycles. The van der Waals surface area contributed by atoms with Gasteiger partial charge in [0.1, 0.15) is 6.04 Å². The van der Waals surface area contributed by atoms with Crippen LogP contribution < -0.4 is 19.7 Å². The molecular weight excluding hydrogens is 368 g/mol. The zero-order valence-electron chi connectivity index (χ0n) is 17.5. The highest BCUT2D eigenvalue weighted by Gasteiger charge is 2.52. The van der Waals surface area contributed by atoms with Gasteiger partial charge >= 0.3 is 0 Å². The van der Waals surface area contributed by atoms with E-state index in [-0.39, 0.29) is 24.7 Å². The molecule has 1 aromatic rings. The predicted molar refractivity (Wildman–Crippen MR) is 110 cm³/mol. The van der Waals surface area contributed by atoms with Gasteiger partial charge in [-0.3, -0.25) is 4.79 Å². The van der Waals surface area contributed by atoms with E-state index < -0.39 is 5.60 Å². The summed E-state index contributed by atoms with van der Waals surface area (Å²) >= 11 is 0. The van der Waals surface area contributed by atoms with Crippen molar-refractivity contribution in [2.24, 2.45) is 5.92 Å². The predicted octanol–water partition coefficient (Wildman–Crippen LogP) is 1.97. The van der Waals surface area contributed by atoms with E-state index in [0.29, 0.717) is 6.54 Å². The number of unbranched alkanes of at least 4 members (excludes halogenated alkanes) is 2. The molecule has 1 saturated carbocycles. The second kappa shape index (κ2) is 8.92. The molecule has 0 spiro atoms. The maximum absolute atomic E-state index is 12.6. The number of ether oxygens (including phenoxy) is 2. The highest BCUT2D eigenvalue weighted by molar-refractivity contribution is 5.76. The molecule has 0 radical (unpaired) electrons. The van der Waals surface area contributed by atoms with Gasteiger partial charge in [-0.1, -0.05) is 32.6 Å². The Bertz CT molecular complexity index is 725. The molecule has 2 heterocycles. The quantitative estimate of drug-likeness (QED) is 0.609. The second-order valence-electron chi connectivity index (χ2n) is 8.94. The number of hydrogen-bond acceptors (Lipinski definition) is 4. The van der Waals surface area contributed by atoms with Crippen LogP contribution in [0, 0.1) is 5.92 Å². The molecule has 3 N–H and O–H groups in total. The van der Waals surface area contributed by atoms with Crippen molar-refractivity contribution in [3.63, 3.8) is 0 Å². The number of benzene rings is 1. The van der Waals surface area contributed by atoms with E-state index in [1.165, 1.54) is 4.90 Å². The largest absolute Gasteiger partial charge is 0.454 e. The number of likely N-dealkylation sites (tertiary alicyclic amines) is 1. The lowest BCUT2D eigenvalue weighted by Gasteiger charge is -2.50. The monoisotopic (exact) mass is 403 g/mol. The molecule has 3 aliphatic rings. The fourth-order valence-corrected chi connectivity index (χ4v) is 5.50. The lowest BCUT2D eigenvalue weighted by molar-refractivity contribution is -0.937. The first-order valence-electron chi connectivity index (χ1n) is 11.3. The summed E-state index contributed by atoms with van der Waals surface area (Å²) in [5, 5.41) is 14.5. The van der Waals surface area contributed by atoms with Gasteiger partial charge in [-0.25, -0.2) is 0 Å². The van der Waals surface area contributed by atoms with Gasteiger partial charge in [0.25, 0.3) is 5.91 Å². The SMILES string of the molecule is CCCCCNC(=O)C[NH+]1CC[C@@]2(O)CCCC[C@H]2[C@@H]1c1ccc2c(c1)OCO2. The molecule has 1 saturated heterocycles. The maximum atomic E-state index is 12.6. The Balaban J connectivity index is 1.54. The van der Waals surface area contributed by atoms with Crippen LogP contribution in [0.4, 0.5) is 0 Å². The minimum Gasteiger partial charge on any atom is -0.454 e. The number of hydrogen-bond donors (Lipinski definition) is 3. The molecule has 1 unspecified atom stereocenters.